The third-order valence-corrected chi connectivity index (χ3v) is 3.95. The van der Waals surface area contributed by atoms with Crippen molar-refractivity contribution < 1.29 is 18.4 Å². The van der Waals surface area contributed by atoms with Crippen molar-refractivity contribution >= 4 is 11.8 Å². The van der Waals surface area contributed by atoms with Crippen molar-refractivity contribution in [3.63, 3.8) is 0 Å². The number of nitrogens with one attached hydrogen (secondary N) is 2. The van der Waals surface area contributed by atoms with Gasteiger partial charge < -0.3 is 19.5 Å². The first-order valence-electron chi connectivity index (χ1n) is 8.29. The Morgan fingerprint density at radius 1 is 0.840 bits per heavy atom. The van der Waals surface area contributed by atoms with Crippen molar-refractivity contribution in [2.24, 2.45) is 5.41 Å². The van der Waals surface area contributed by atoms with Gasteiger partial charge in [-0.25, -0.2) is 0 Å². The standard InChI is InChI=1S/C19H26N2O4/c1-11-7-13(3)24-15(11)17(22)20-9-19(5,6)10-21-18(23)16-12(2)8-14(4)25-16/h7-8H,9-10H2,1-6H3,(H,20,22)(H,21,23). The summed E-state index contributed by atoms with van der Waals surface area (Å²) in [4.78, 5) is 24.5. The van der Waals surface area contributed by atoms with Crippen molar-refractivity contribution in [1.29, 1.82) is 0 Å². The Morgan fingerprint density at radius 3 is 1.48 bits per heavy atom. The summed E-state index contributed by atoms with van der Waals surface area (Å²) in [7, 11) is 0. The van der Waals surface area contributed by atoms with E-state index in [4.69, 9.17) is 8.83 Å². The molecule has 0 radical (unpaired) electrons. The van der Waals surface area contributed by atoms with Crippen LogP contribution in [0.25, 0.3) is 0 Å². The second-order valence-corrected chi connectivity index (χ2v) is 7.27. The van der Waals surface area contributed by atoms with Crippen molar-refractivity contribution in [2.75, 3.05) is 13.1 Å². The fourth-order valence-corrected chi connectivity index (χ4v) is 2.60. The molecule has 0 atom stereocenters. The number of amides is 2. The molecular formula is C19H26N2O4. The van der Waals surface area contributed by atoms with Crippen LogP contribution in [-0.2, 0) is 0 Å². The number of hydrogen-bond donors (Lipinski definition) is 2. The SMILES string of the molecule is Cc1cc(C)c(C(=O)NCC(C)(C)CNC(=O)c2oc(C)cc2C)o1. The summed E-state index contributed by atoms with van der Waals surface area (Å²) in [6.45, 7) is 12.0. The molecule has 0 aliphatic rings. The van der Waals surface area contributed by atoms with E-state index >= 15 is 0 Å². The molecule has 25 heavy (non-hydrogen) atoms. The fraction of sp³-hybridized carbons (Fsp3) is 0.474. The molecule has 2 heterocycles. The van der Waals surface area contributed by atoms with E-state index in [9.17, 15) is 9.59 Å². The Labute approximate surface area is 148 Å². The average molecular weight is 346 g/mol. The van der Waals surface area contributed by atoms with Gasteiger partial charge in [0.25, 0.3) is 11.8 Å². The maximum absolute atomic E-state index is 12.2. The second kappa shape index (κ2) is 7.17. The lowest BCUT2D eigenvalue weighted by atomic mass is 9.93. The van der Waals surface area contributed by atoms with E-state index in [1.165, 1.54) is 0 Å². The van der Waals surface area contributed by atoms with E-state index in [1.807, 2.05) is 53.7 Å². The molecule has 6 heteroatoms. The van der Waals surface area contributed by atoms with Gasteiger partial charge >= 0.3 is 0 Å². The van der Waals surface area contributed by atoms with Crippen LogP contribution >= 0.6 is 0 Å². The molecule has 2 N–H and O–H groups in total. The topological polar surface area (TPSA) is 84.5 Å². The predicted octanol–water partition coefficient (Wildman–Crippen LogP) is 3.29. The maximum atomic E-state index is 12.2. The largest absolute Gasteiger partial charge is 0.456 e. The number of furan rings is 2. The number of rotatable bonds is 6. The molecule has 0 spiro atoms. The minimum Gasteiger partial charge on any atom is -0.456 e. The lowest BCUT2D eigenvalue weighted by Crippen LogP contribution is -2.42. The van der Waals surface area contributed by atoms with Crippen LogP contribution in [0.4, 0.5) is 0 Å². The highest BCUT2D eigenvalue weighted by molar-refractivity contribution is 5.93. The van der Waals surface area contributed by atoms with Crippen molar-refractivity contribution in [2.45, 2.75) is 41.5 Å². The highest BCUT2D eigenvalue weighted by Crippen LogP contribution is 2.17. The van der Waals surface area contributed by atoms with E-state index in [2.05, 4.69) is 10.6 Å². The van der Waals surface area contributed by atoms with Crippen LogP contribution in [0.1, 0.15) is 57.6 Å². The summed E-state index contributed by atoms with van der Waals surface area (Å²) < 4.78 is 10.8. The molecular weight excluding hydrogens is 320 g/mol. The van der Waals surface area contributed by atoms with Crippen LogP contribution in [0, 0.1) is 33.1 Å². The minimum absolute atomic E-state index is 0.248. The van der Waals surface area contributed by atoms with Gasteiger partial charge in [0.2, 0.25) is 0 Å². The monoisotopic (exact) mass is 346 g/mol. The summed E-state index contributed by atoms with van der Waals surface area (Å²) in [6, 6.07) is 3.65. The van der Waals surface area contributed by atoms with Crippen molar-refractivity contribution in [3.05, 3.63) is 46.3 Å². The van der Waals surface area contributed by atoms with Crippen LogP contribution in [0.2, 0.25) is 0 Å². The van der Waals surface area contributed by atoms with Crippen molar-refractivity contribution in [3.8, 4) is 0 Å². The van der Waals surface area contributed by atoms with Gasteiger partial charge in [0.15, 0.2) is 11.5 Å². The van der Waals surface area contributed by atoms with Crippen LogP contribution in [0.5, 0.6) is 0 Å². The normalized spacial score (nSPS) is 11.4. The molecule has 0 aliphatic carbocycles. The Morgan fingerprint density at radius 2 is 1.20 bits per heavy atom. The van der Waals surface area contributed by atoms with Gasteiger partial charge in [-0.3, -0.25) is 9.59 Å². The predicted molar refractivity (Wildman–Crippen MR) is 94.8 cm³/mol. The fourth-order valence-electron chi connectivity index (χ4n) is 2.60. The zero-order valence-corrected chi connectivity index (χ0v) is 15.7. The summed E-state index contributed by atoms with van der Waals surface area (Å²) in [5, 5.41) is 5.73. The van der Waals surface area contributed by atoms with Crippen LogP contribution in [-0.4, -0.2) is 24.9 Å². The Balaban J connectivity index is 1.89. The molecule has 0 saturated heterocycles. The number of aryl methyl sites for hydroxylation is 4. The maximum Gasteiger partial charge on any atom is 0.287 e. The van der Waals surface area contributed by atoms with Crippen molar-refractivity contribution in [1.82, 2.24) is 10.6 Å². The van der Waals surface area contributed by atoms with E-state index in [-0.39, 0.29) is 17.2 Å². The highest BCUT2D eigenvalue weighted by atomic mass is 16.4. The third kappa shape index (κ3) is 4.75. The molecule has 2 aromatic heterocycles. The lowest BCUT2D eigenvalue weighted by Gasteiger charge is -2.25. The zero-order valence-electron chi connectivity index (χ0n) is 15.7. The first kappa shape index (κ1) is 18.8. The molecule has 2 amide bonds. The van der Waals surface area contributed by atoms with E-state index < -0.39 is 0 Å². The third-order valence-electron chi connectivity index (χ3n) is 3.95. The van der Waals surface area contributed by atoms with Crippen LogP contribution in [0.15, 0.2) is 21.0 Å². The van der Waals surface area contributed by atoms with E-state index in [0.29, 0.717) is 36.1 Å². The van der Waals surface area contributed by atoms with Gasteiger partial charge in [0, 0.05) is 24.2 Å². The summed E-state index contributed by atoms with van der Waals surface area (Å²) in [5.74, 6) is 1.58. The van der Waals surface area contributed by atoms with Gasteiger partial charge in [-0.2, -0.15) is 0 Å². The Bertz CT molecular complexity index is 719. The highest BCUT2D eigenvalue weighted by Gasteiger charge is 2.23. The second-order valence-electron chi connectivity index (χ2n) is 7.27. The van der Waals surface area contributed by atoms with Gasteiger partial charge in [-0.1, -0.05) is 13.8 Å². The first-order chi connectivity index (χ1) is 11.6. The molecule has 0 saturated carbocycles. The molecule has 6 nitrogen and oxygen atoms in total. The van der Waals surface area contributed by atoms with Gasteiger partial charge in [0.1, 0.15) is 11.5 Å². The molecule has 0 bridgehead atoms. The Hall–Kier alpha value is -2.50. The lowest BCUT2D eigenvalue weighted by molar-refractivity contribution is 0.0888. The van der Waals surface area contributed by atoms with Crippen LogP contribution < -0.4 is 10.6 Å². The number of carbonyl (C=O) groups excluding carboxylic acids is 2. The van der Waals surface area contributed by atoms with Gasteiger partial charge in [-0.05, 0) is 45.2 Å². The van der Waals surface area contributed by atoms with E-state index in [0.717, 1.165) is 11.1 Å². The summed E-state index contributed by atoms with van der Waals surface area (Å²) in [5.41, 5.74) is 1.30. The number of hydrogen-bond acceptors (Lipinski definition) is 4. The summed E-state index contributed by atoms with van der Waals surface area (Å²) in [6.07, 6.45) is 0. The molecule has 2 rings (SSSR count). The van der Waals surface area contributed by atoms with E-state index in [1.54, 1.807) is 0 Å². The molecule has 136 valence electrons. The zero-order chi connectivity index (χ0) is 18.8. The molecule has 0 unspecified atom stereocenters. The summed E-state index contributed by atoms with van der Waals surface area (Å²) >= 11 is 0. The average Bonchev–Trinajstić information content (AvgIpc) is 3.03. The molecule has 0 aromatic carbocycles. The molecule has 2 aromatic rings. The smallest absolute Gasteiger partial charge is 0.287 e. The number of carbonyl (C=O) groups is 2. The molecule has 0 fully saturated rings. The molecule has 0 aliphatic heterocycles. The quantitative estimate of drug-likeness (QED) is 0.840. The minimum atomic E-state index is -0.323. The Kier molecular flexibility index (Phi) is 5.40. The first-order valence-corrected chi connectivity index (χ1v) is 8.29. The van der Waals surface area contributed by atoms with Gasteiger partial charge in [-0.15, -0.1) is 0 Å². The van der Waals surface area contributed by atoms with Crippen LogP contribution in [0.3, 0.4) is 0 Å². The van der Waals surface area contributed by atoms with Gasteiger partial charge in [0.05, 0.1) is 0 Å².